The van der Waals surface area contributed by atoms with Crippen molar-refractivity contribution in [1.29, 1.82) is 0 Å². The molecule has 0 unspecified atom stereocenters. The van der Waals surface area contributed by atoms with Gasteiger partial charge in [0.05, 0.1) is 0 Å². The highest BCUT2D eigenvalue weighted by atomic mass is 16.4. The van der Waals surface area contributed by atoms with Crippen molar-refractivity contribution < 1.29 is 10.0 Å². The van der Waals surface area contributed by atoms with E-state index >= 15 is 0 Å². The van der Waals surface area contributed by atoms with Gasteiger partial charge in [-0.2, -0.15) is 0 Å². The summed E-state index contributed by atoms with van der Waals surface area (Å²) in [5, 5.41) is 18.4. The second-order valence-electron chi connectivity index (χ2n) is 4.37. The van der Waals surface area contributed by atoms with E-state index in [9.17, 15) is 10.0 Å². The van der Waals surface area contributed by atoms with Gasteiger partial charge in [0.2, 0.25) is 0 Å². The van der Waals surface area contributed by atoms with Crippen LogP contribution < -0.4 is 5.46 Å². The standard InChI is InChI=1S/C13H16BNO2/c1-9-8-12(6-7-13(9)14(16)17)15-10(2)4-5-11(15)3/h4-8,16-17H,1-3H3. The van der Waals surface area contributed by atoms with Gasteiger partial charge in [-0.15, -0.1) is 0 Å². The van der Waals surface area contributed by atoms with Gasteiger partial charge in [0.25, 0.3) is 0 Å². The molecule has 2 rings (SSSR count). The Labute approximate surface area is 101 Å². The lowest BCUT2D eigenvalue weighted by atomic mass is 9.77. The van der Waals surface area contributed by atoms with Crippen LogP contribution in [0.1, 0.15) is 17.0 Å². The van der Waals surface area contributed by atoms with E-state index < -0.39 is 7.12 Å². The third-order valence-corrected chi connectivity index (χ3v) is 3.06. The van der Waals surface area contributed by atoms with Crippen molar-refractivity contribution in [3.8, 4) is 5.69 Å². The molecule has 17 heavy (non-hydrogen) atoms. The molecule has 1 heterocycles. The minimum absolute atomic E-state index is 0.552. The molecule has 1 aromatic carbocycles. The zero-order valence-electron chi connectivity index (χ0n) is 10.3. The molecule has 0 bridgehead atoms. The molecular weight excluding hydrogens is 213 g/mol. The molecular formula is C13H16BNO2. The highest BCUT2D eigenvalue weighted by Gasteiger charge is 2.14. The quantitative estimate of drug-likeness (QED) is 0.757. The van der Waals surface area contributed by atoms with Gasteiger partial charge in [0, 0.05) is 17.1 Å². The van der Waals surface area contributed by atoms with E-state index in [0.717, 1.165) is 11.3 Å². The molecule has 0 fully saturated rings. The van der Waals surface area contributed by atoms with E-state index in [-0.39, 0.29) is 0 Å². The summed E-state index contributed by atoms with van der Waals surface area (Å²) >= 11 is 0. The predicted molar refractivity (Wildman–Crippen MR) is 69.8 cm³/mol. The zero-order valence-corrected chi connectivity index (χ0v) is 10.3. The number of aryl methyl sites for hydroxylation is 3. The van der Waals surface area contributed by atoms with Crippen LogP contribution >= 0.6 is 0 Å². The van der Waals surface area contributed by atoms with Crippen molar-refractivity contribution in [3.63, 3.8) is 0 Å². The zero-order chi connectivity index (χ0) is 12.6. The molecule has 1 aromatic heterocycles. The van der Waals surface area contributed by atoms with E-state index in [0.29, 0.717) is 5.46 Å². The maximum atomic E-state index is 9.18. The van der Waals surface area contributed by atoms with Crippen LogP contribution in [0.5, 0.6) is 0 Å². The van der Waals surface area contributed by atoms with Crippen LogP contribution in [0.3, 0.4) is 0 Å². The van der Waals surface area contributed by atoms with Crippen molar-refractivity contribution in [2.45, 2.75) is 20.8 Å². The lowest BCUT2D eigenvalue weighted by molar-refractivity contribution is 0.425. The molecule has 2 aromatic rings. The molecule has 0 saturated carbocycles. The predicted octanol–water partition coefficient (Wildman–Crippen LogP) is 1.08. The maximum absolute atomic E-state index is 9.18. The number of benzene rings is 1. The van der Waals surface area contributed by atoms with Crippen molar-refractivity contribution in [2.75, 3.05) is 0 Å². The van der Waals surface area contributed by atoms with Crippen LogP contribution in [0.15, 0.2) is 30.3 Å². The molecule has 88 valence electrons. The summed E-state index contributed by atoms with van der Waals surface area (Å²) in [4.78, 5) is 0. The van der Waals surface area contributed by atoms with Gasteiger partial charge >= 0.3 is 7.12 Å². The van der Waals surface area contributed by atoms with Gasteiger partial charge in [-0.3, -0.25) is 0 Å². The molecule has 0 aliphatic heterocycles. The van der Waals surface area contributed by atoms with E-state index in [1.54, 1.807) is 6.07 Å². The summed E-state index contributed by atoms with van der Waals surface area (Å²) in [5.74, 6) is 0. The first-order chi connectivity index (χ1) is 8.00. The Kier molecular flexibility index (Phi) is 3.09. The number of rotatable bonds is 2. The molecule has 3 nitrogen and oxygen atoms in total. The number of hydrogen-bond acceptors (Lipinski definition) is 2. The van der Waals surface area contributed by atoms with Crippen LogP contribution in [0.25, 0.3) is 5.69 Å². The third-order valence-electron chi connectivity index (χ3n) is 3.06. The first-order valence-corrected chi connectivity index (χ1v) is 5.62. The van der Waals surface area contributed by atoms with Gasteiger partial charge in [-0.25, -0.2) is 0 Å². The van der Waals surface area contributed by atoms with Crippen molar-refractivity contribution in [3.05, 3.63) is 47.3 Å². The molecule has 4 heteroatoms. The second-order valence-corrected chi connectivity index (χ2v) is 4.37. The molecule has 0 saturated heterocycles. The average Bonchev–Trinajstić information content (AvgIpc) is 2.58. The fourth-order valence-corrected chi connectivity index (χ4v) is 2.16. The minimum Gasteiger partial charge on any atom is -0.423 e. The summed E-state index contributed by atoms with van der Waals surface area (Å²) in [5.41, 5.74) is 4.81. The Balaban J connectivity index is 2.52. The largest absolute Gasteiger partial charge is 0.488 e. The van der Waals surface area contributed by atoms with Gasteiger partial charge in [0.15, 0.2) is 0 Å². The first-order valence-electron chi connectivity index (χ1n) is 5.62. The van der Waals surface area contributed by atoms with E-state index in [4.69, 9.17) is 0 Å². The molecule has 2 N–H and O–H groups in total. The fourth-order valence-electron chi connectivity index (χ4n) is 2.16. The van der Waals surface area contributed by atoms with Crippen LogP contribution in [-0.4, -0.2) is 21.7 Å². The minimum atomic E-state index is -1.41. The molecule has 0 atom stereocenters. The Bertz CT molecular complexity index is 527. The van der Waals surface area contributed by atoms with Gasteiger partial charge in [-0.1, -0.05) is 6.07 Å². The summed E-state index contributed by atoms with van der Waals surface area (Å²) in [6, 6.07) is 9.77. The number of hydrogen-bond donors (Lipinski definition) is 2. The summed E-state index contributed by atoms with van der Waals surface area (Å²) in [7, 11) is -1.41. The topological polar surface area (TPSA) is 45.4 Å². The molecule has 0 amide bonds. The lowest BCUT2D eigenvalue weighted by Gasteiger charge is -2.12. The van der Waals surface area contributed by atoms with Gasteiger partial charge < -0.3 is 14.6 Å². The lowest BCUT2D eigenvalue weighted by Crippen LogP contribution is -2.32. The Hall–Kier alpha value is -1.52. The van der Waals surface area contributed by atoms with E-state index in [2.05, 4.69) is 30.5 Å². The van der Waals surface area contributed by atoms with Gasteiger partial charge in [0.1, 0.15) is 0 Å². The second kappa shape index (κ2) is 4.39. The number of nitrogens with zero attached hydrogens (tertiary/aromatic N) is 1. The Morgan fingerprint density at radius 2 is 1.53 bits per heavy atom. The molecule has 0 radical (unpaired) electrons. The summed E-state index contributed by atoms with van der Waals surface area (Å²) in [6.07, 6.45) is 0. The Morgan fingerprint density at radius 1 is 0.941 bits per heavy atom. The summed E-state index contributed by atoms with van der Waals surface area (Å²) < 4.78 is 2.14. The molecule has 0 spiro atoms. The van der Waals surface area contributed by atoms with Crippen molar-refractivity contribution >= 4 is 12.6 Å². The van der Waals surface area contributed by atoms with Crippen LogP contribution in [0.2, 0.25) is 0 Å². The normalized spacial score (nSPS) is 10.6. The van der Waals surface area contributed by atoms with Crippen LogP contribution in [-0.2, 0) is 0 Å². The average molecular weight is 229 g/mol. The fraction of sp³-hybridized carbons (Fsp3) is 0.231. The highest BCUT2D eigenvalue weighted by Crippen LogP contribution is 2.16. The smallest absolute Gasteiger partial charge is 0.423 e. The van der Waals surface area contributed by atoms with E-state index in [1.807, 2.05) is 19.1 Å². The Morgan fingerprint density at radius 3 is 2.00 bits per heavy atom. The SMILES string of the molecule is Cc1cc(-n2c(C)ccc2C)ccc1B(O)O. The first kappa shape index (κ1) is 12.0. The highest BCUT2D eigenvalue weighted by molar-refractivity contribution is 6.59. The van der Waals surface area contributed by atoms with Crippen LogP contribution in [0, 0.1) is 20.8 Å². The number of aromatic nitrogens is 1. The van der Waals surface area contributed by atoms with E-state index in [1.165, 1.54) is 11.4 Å². The summed E-state index contributed by atoms with van der Waals surface area (Å²) in [6.45, 7) is 5.99. The molecule has 0 aliphatic carbocycles. The monoisotopic (exact) mass is 229 g/mol. The van der Waals surface area contributed by atoms with Crippen LogP contribution in [0.4, 0.5) is 0 Å². The van der Waals surface area contributed by atoms with Crippen molar-refractivity contribution in [2.24, 2.45) is 0 Å². The molecule has 0 aliphatic rings. The maximum Gasteiger partial charge on any atom is 0.488 e. The third kappa shape index (κ3) is 2.14. The van der Waals surface area contributed by atoms with Gasteiger partial charge in [-0.05, 0) is 56.1 Å². The van der Waals surface area contributed by atoms with Crippen molar-refractivity contribution in [1.82, 2.24) is 4.57 Å².